The summed E-state index contributed by atoms with van der Waals surface area (Å²) in [5, 5.41) is 0. The third-order valence-corrected chi connectivity index (χ3v) is 13.8. The molecule has 0 saturated carbocycles. The van der Waals surface area contributed by atoms with Gasteiger partial charge in [0.2, 0.25) is 0 Å². The predicted octanol–water partition coefficient (Wildman–Crippen LogP) is 7.40. The summed E-state index contributed by atoms with van der Waals surface area (Å²) in [7, 11) is 0. The molecule has 2 aliphatic rings. The molecule has 0 fully saturated rings. The van der Waals surface area contributed by atoms with Crippen molar-refractivity contribution >= 4 is 0 Å². The van der Waals surface area contributed by atoms with Gasteiger partial charge in [0.1, 0.15) is 0 Å². The van der Waals surface area contributed by atoms with E-state index in [1.807, 2.05) is 6.66 Å². The Morgan fingerprint density at radius 3 is 1.09 bits per heavy atom. The third-order valence-electron chi connectivity index (χ3n) is 6.05. The van der Waals surface area contributed by atoms with Crippen LogP contribution < -0.4 is 0 Å². The minimum atomic E-state index is -0.856. The maximum Gasteiger partial charge on any atom is -0.0564 e. The number of hydrogen-bond donors (Lipinski definition) is 0. The topological polar surface area (TPSA) is 0 Å². The molecule has 23 heavy (non-hydrogen) atoms. The first kappa shape index (κ1) is 20.9. The molecule has 0 aromatic rings. The molecule has 0 saturated heterocycles. The van der Waals surface area contributed by atoms with Gasteiger partial charge in [-0.1, -0.05) is 26.7 Å². The van der Waals surface area contributed by atoms with Gasteiger partial charge in [0, 0.05) is 0 Å². The summed E-state index contributed by atoms with van der Waals surface area (Å²) < 4.78 is 3.69. The molecule has 2 rings (SSSR count). The minimum Gasteiger partial charge on any atom is -0.0654 e. The van der Waals surface area contributed by atoms with E-state index in [4.69, 9.17) is 0 Å². The maximum atomic E-state index is 2.42. The Balaban J connectivity index is 0.000000593. The van der Waals surface area contributed by atoms with Gasteiger partial charge < -0.3 is 0 Å². The molecule has 0 bridgehead atoms. The Morgan fingerprint density at radius 2 is 0.913 bits per heavy atom. The van der Waals surface area contributed by atoms with Gasteiger partial charge in [0.15, 0.2) is 0 Å². The van der Waals surface area contributed by atoms with Gasteiger partial charge in [-0.2, -0.15) is 0 Å². The SMILES string of the molecule is CC1=C(C)C(C)[C]([Hf][C]2=C(C)C(C)=C(C)C2C)=C1C.CCCC. The van der Waals surface area contributed by atoms with E-state index < -0.39 is 22.9 Å². The molecule has 2 unspecified atom stereocenters. The van der Waals surface area contributed by atoms with Gasteiger partial charge in [-0.25, -0.2) is 0 Å². The van der Waals surface area contributed by atoms with Crippen LogP contribution in [0.5, 0.6) is 0 Å². The Labute approximate surface area is 156 Å². The number of rotatable bonds is 3. The summed E-state index contributed by atoms with van der Waals surface area (Å²) in [6, 6.07) is 0. The van der Waals surface area contributed by atoms with Gasteiger partial charge in [0.25, 0.3) is 0 Å². The molecule has 0 heterocycles. The second-order valence-corrected chi connectivity index (χ2v) is 12.0. The zero-order valence-electron chi connectivity index (χ0n) is 17.1. The van der Waals surface area contributed by atoms with Crippen LogP contribution in [-0.4, -0.2) is 0 Å². The van der Waals surface area contributed by atoms with Gasteiger partial charge in [-0.15, -0.1) is 0 Å². The fraction of sp³-hybridized carbons (Fsp3) is 0.636. The minimum absolute atomic E-state index is 0.719. The molecule has 2 aliphatic carbocycles. The Kier molecular flexibility index (Phi) is 7.98. The fourth-order valence-corrected chi connectivity index (χ4v) is 10.1. The van der Waals surface area contributed by atoms with E-state index in [1.165, 1.54) is 12.8 Å². The molecule has 0 nitrogen and oxygen atoms in total. The van der Waals surface area contributed by atoms with E-state index in [0.29, 0.717) is 0 Å². The zero-order chi connectivity index (χ0) is 17.9. The van der Waals surface area contributed by atoms with E-state index in [-0.39, 0.29) is 0 Å². The van der Waals surface area contributed by atoms with Crippen LogP contribution in [0.25, 0.3) is 0 Å². The summed E-state index contributed by atoms with van der Waals surface area (Å²) in [4.78, 5) is 0. The second kappa shape index (κ2) is 8.79. The molecule has 2 atom stereocenters. The molecule has 0 aromatic heterocycles. The van der Waals surface area contributed by atoms with Crippen molar-refractivity contribution in [1.82, 2.24) is 0 Å². The van der Waals surface area contributed by atoms with Gasteiger partial charge in [-0.3, -0.25) is 0 Å². The van der Waals surface area contributed by atoms with Crippen molar-refractivity contribution in [2.45, 2.75) is 82.1 Å². The van der Waals surface area contributed by atoms with Crippen LogP contribution in [0.3, 0.4) is 0 Å². The molecule has 1 heteroatoms. The molecule has 128 valence electrons. The van der Waals surface area contributed by atoms with Crippen LogP contribution in [0.2, 0.25) is 0 Å². The third kappa shape index (κ3) is 4.27. The molecule has 0 aromatic carbocycles. The van der Waals surface area contributed by atoms with E-state index in [0.717, 1.165) is 11.8 Å². The molecule has 0 N–H and O–H groups in total. The van der Waals surface area contributed by atoms with E-state index >= 15 is 0 Å². The van der Waals surface area contributed by atoms with Crippen LogP contribution in [0.4, 0.5) is 0 Å². The van der Waals surface area contributed by atoms with E-state index in [2.05, 4.69) is 69.2 Å². The standard InChI is InChI=1S/2C9H13.C4H10.Hf/c2*1-6-5-7(2)9(4)8(6)3;1-3-4-2;/h2*6H,1-4H3;3-4H2,1-2H3;. The molecule has 0 aliphatic heterocycles. The van der Waals surface area contributed by atoms with Crippen LogP contribution in [-0.2, 0) is 22.9 Å². The Hall–Kier alpha value is -0.170. The summed E-state index contributed by atoms with van der Waals surface area (Å²) in [6.07, 6.45) is 2.64. The Morgan fingerprint density at radius 1 is 0.609 bits per heavy atom. The average molecular weight is 479 g/mol. The largest absolute Gasteiger partial charge is 0.0654 e. The average Bonchev–Trinajstić information content (AvgIpc) is 2.84. The summed E-state index contributed by atoms with van der Waals surface area (Å²) in [5.41, 5.74) is 9.63. The predicted molar refractivity (Wildman–Crippen MR) is 101 cm³/mol. The van der Waals surface area contributed by atoms with Crippen LogP contribution in [0.15, 0.2) is 40.1 Å². The Bertz CT molecular complexity index is 529. The van der Waals surface area contributed by atoms with Crippen molar-refractivity contribution in [2.24, 2.45) is 11.8 Å². The van der Waals surface area contributed by atoms with Crippen LogP contribution in [0, 0.1) is 11.8 Å². The first-order valence-corrected chi connectivity index (χ1v) is 12.8. The van der Waals surface area contributed by atoms with Crippen molar-refractivity contribution in [3.05, 3.63) is 40.1 Å². The molecule has 0 spiro atoms. The zero-order valence-corrected chi connectivity index (χ0v) is 20.7. The molecular weight excluding hydrogens is 443 g/mol. The number of allylic oxidation sites excluding steroid dienone is 8. The van der Waals surface area contributed by atoms with Gasteiger partial charge >= 0.3 is 130 Å². The second-order valence-electron chi connectivity index (χ2n) is 7.26. The maximum absolute atomic E-state index is 2.42. The normalized spacial score (nSPS) is 24.6. The number of unbranched alkanes of at least 4 members (excludes halogenated alkanes) is 1. The molecule has 0 amide bonds. The van der Waals surface area contributed by atoms with Gasteiger partial charge in [0.05, 0.1) is 0 Å². The van der Waals surface area contributed by atoms with Crippen molar-refractivity contribution < 1.29 is 22.9 Å². The molecule has 0 radical (unpaired) electrons. The first-order chi connectivity index (χ1) is 10.7. The van der Waals surface area contributed by atoms with E-state index in [9.17, 15) is 0 Å². The molecular formula is C22H36Hf. The van der Waals surface area contributed by atoms with Crippen molar-refractivity contribution in [1.29, 1.82) is 0 Å². The van der Waals surface area contributed by atoms with E-state index in [1.54, 1.807) is 33.4 Å². The van der Waals surface area contributed by atoms with Gasteiger partial charge in [-0.05, 0) is 0 Å². The summed E-state index contributed by atoms with van der Waals surface area (Å²) >= 11 is -0.856. The monoisotopic (exact) mass is 480 g/mol. The quantitative estimate of drug-likeness (QED) is 0.371. The summed E-state index contributed by atoms with van der Waals surface area (Å²) in [5.74, 6) is 1.44. The fourth-order valence-electron chi connectivity index (χ4n) is 3.28. The van der Waals surface area contributed by atoms with Crippen LogP contribution >= 0.6 is 0 Å². The van der Waals surface area contributed by atoms with Crippen LogP contribution in [0.1, 0.15) is 82.1 Å². The van der Waals surface area contributed by atoms with Crippen molar-refractivity contribution in [3.63, 3.8) is 0 Å². The number of hydrogen-bond acceptors (Lipinski definition) is 0. The first-order valence-electron chi connectivity index (χ1n) is 9.22. The van der Waals surface area contributed by atoms with Crippen molar-refractivity contribution in [3.8, 4) is 0 Å². The van der Waals surface area contributed by atoms with Crippen molar-refractivity contribution in [2.75, 3.05) is 0 Å². The summed E-state index contributed by atoms with van der Waals surface area (Å²) in [6.45, 7) is 23.2. The smallest absolute Gasteiger partial charge is 0.0564 e.